The standard InChI is InChI=1S/C10H8ClFN4O/c11-7-3-6(1-2-8(7)12)10(17)13-4-9-14-5-15-16-9/h1-3,5H,4H2,(H,13,17)(H,14,15,16). The van der Waals surface area contributed by atoms with Gasteiger partial charge in [-0.25, -0.2) is 9.37 Å². The maximum atomic E-state index is 12.9. The number of hydrogen-bond donors (Lipinski definition) is 2. The van der Waals surface area contributed by atoms with Gasteiger partial charge in [-0.3, -0.25) is 9.89 Å². The summed E-state index contributed by atoms with van der Waals surface area (Å²) in [4.78, 5) is 15.5. The van der Waals surface area contributed by atoms with Crippen molar-refractivity contribution >= 4 is 17.5 Å². The second-order valence-corrected chi connectivity index (χ2v) is 3.65. The molecule has 0 radical (unpaired) electrons. The second kappa shape index (κ2) is 4.92. The fourth-order valence-corrected chi connectivity index (χ4v) is 1.40. The van der Waals surface area contributed by atoms with E-state index >= 15 is 0 Å². The van der Waals surface area contributed by atoms with Crippen LogP contribution < -0.4 is 5.32 Å². The number of H-pyrrole nitrogens is 1. The van der Waals surface area contributed by atoms with E-state index in [1.165, 1.54) is 18.5 Å². The maximum absolute atomic E-state index is 12.9. The first kappa shape index (κ1) is 11.5. The molecule has 1 amide bonds. The molecule has 0 saturated carbocycles. The van der Waals surface area contributed by atoms with Crippen LogP contribution in [0.2, 0.25) is 5.02 Å². The molecule has 5 nitrogen and oxygen atoms in total. The highest BCUT2D eigenvalue weighted by Gasteiger charge is 2.08. The number of hydrogen-bond acceptors (Lipinski definition) is 3. The number of amides is 1. The summed E-state index contributed by atoms with van der Waals surface area (Å²) in [5.41, 5.74) is 0.288. The molecular weight excluding hydrogens is 247 g/mol. The number of nitrogens with zero attached hydrogens (tertiary/aromatic N) is 2. The van der Waals surface area contributed by atoms with Gasteiger partial charge in [-0.2, -0.15) is 5.10 Å². The normalized spacial score (nSPS) is 10.2. The first-order valence-corrected chi connectivity index (χ1v) is 5.12. The van der Waals surface area contributed by atoms with Crippen LogP contribution in [0.5, 0.6) is 0 Å². The highest BCUT2D eigenvalue weighted by molar-refractivity contribution is 6.31. The van der Waals surface area contributed by atoms with E-state index < -0.39 is 5.82 Å². The number of benzene rings is 1. The van der Waals surface area contributed by atoms with Gasteiger partial charge in [-0.15, -0.1) is 0 Å². The van der Waals surface area contributed by atoms with Crippen LogP contribution in [0.25, 0.3) is 0 Å². The van der Waals surface area contributed by atoms with Crippen LogP contribution in [0.4, 0.5) is 4.39 Å². The highest BCUT2D eigenvalue weighted by atomic mass is 35.5. The van der Waals surface area contributed by atoms with Crippen molar-refractivity contribution in [3.63, 3.8) is 0 Å². The molecule has 2 N–H and O–H groups in total. The minimum atomic E-state index is -0.557. The molecule has 0 fully saturated rings. The minimum Gasteiger partial charge on any atom is -0.345 e. The number of nitrogens with one attached hydrogen (secondary N) is 2. The first-order valence-electron chi connectivity index (χ1n) is 4.74. The molecule has 0 aliphatic carbocycles. The molecule has 0 bridgehead atoms. The van der Waals surface area contributed by atoms with Crippen molar-refractivity contribution < 1.29 is 9.18 Å². The molecule has 1 heterocycles. The van der Waals surface area contributed by atoms with Gasteiger partial charge in [0.25, 0.3) is 5.91 Å². The lowest BCUT2D eigenvalue weighted by molar-refractivity contribution is 0.0950. The van der Waals surface area contributed by atoms with E-state index in [0.717, 1.165) is 6.07 Å². The molecule has 0 aliphatic heterocycles. The van der Waals surface area contributed by atoms with Gasteiger partial charge in [0, 0.05) is 5.56 Å². The number of aromatic nitrogens is 3. The predicted molar refractivity (Wildman–Crippen MR) is 59.0 cm³/mol. The van der Waals surface area contributed by atoms with E-state index in [4.69, 9.17) is 11.6 Å². The lowest BCUT2D eigenvalue weighted by atomic mass is 10.2. The summed E-state index contributed by atoms with van der Waals surface area (Å²) < 4.78 is 12.9. The van der Waals surface area contributed by atoms with Crippen molar-refractivity contribution in [3.8, 4) is 0 Å². The lowest BCUT2D eigenvalue weighted by Crippen LogP contribution is -2.23. The van der Waals surface area contributed by atoms with Gasteiger partial charge in [0.2, 0.25) is 0 Å². The quantitative estimate of drug-likeness (QED) is 0.873. The van der Waals surface area contributed by atoms with Crippen molar-refractivity contribution in [2.75, 3.05) is 0 Å². The summed E-state index contributed by atoms with van der Waals surface area (Å²) in [5.74, 6) is -0.381. The van der Waals surface area contributed by atoms with Crippen molar-refractivity contribution in [1.82, 2.24) is 20.5 Å². The van der Waals surface area contributed by atoms with Crippen LogP contribution >= 0.6 is 11.6 Å². The summed E-state index contributed by atoms with van der Waals surface area (Å²) in [6, 6.07) is 3.77. The average Bonchev–Trinajstić information content (AvgIpc) is 2.82. The summed E-state index contributed by atoms with van der Waals surface area (Å²) in [6.07, 6.45) is 1.34. The van der Waals surface area contributed by atoms with Gasteiger partial charge in [-0.1, -0.05) is 11.6 Å². The molecule has 0 spiro atoms. The van der Waals surface area contributed by atoms with Crippen LogP contribution in [-0.4, -0.2) is 21.1 Å². The molecule has 88 valence electrons. The minimum absolute atomic E-state index is 0.0858. The van der Waals surface area contributed by atoms with Gasteiger partial charge in [0.15, 0.2) is 0 Å². The molecule has 1 aromatic heterocycles. The van der Waals surface area contributed by atoms with Crippen LogP contribution in [0.3, 0.4) is 0 Å². The van der Waals surface area contributed by atoms with E-state index in [1.54, 1.807) is 0 Å². The van der Waals surface area contributed by atoms with E-state index in [9.17, 15) is 9.18 Å². The number of carbonyl (C=O) groups is 1. The van der Waals surface area contributed by atoms with Gasteiger partial charge in [0.1, 0.15) is 18.0 Å². The largest absolute Gasteiger partial charge is 0.345 e. The molecule has 7 heteroatoms. The van der Waals surface area contributed by atoms with Crippen molar-refractivity contribution in [2.45, 2.75) is 6.54 Å². The van der Waals surface area contributed by atoms with E-state index in [0.29, 0.717) is 5.82 Å². The van der Waals surface area contributed by atoms with Crippen molar-refractivity contribution in [3.05, 3.63) is 46.8 Å². The SMILES string of the molecule is O=C(NCc1ncn[nH]1)c1ccc(F)c(Cl)c1. The van der Waals surface area contributed by atoms with Crippen LogP contribution in [0, 0.1) is 5.82 Å². The van der Waals surface area contributed by atoms with E-state index in [1.807, 2.05) is 0 Å². The number of aromatic amines is 1. The number of halogens is 2. The Bertz CT molecular complexity index is 529. The smallest absolute Gasteiger partial charge is 0.251 e. The third kappa shape index (κ3) is 2.79. The molecule has 0 aliphatic rings. The Hall–Kier alpha value is -1.95. The van der Waals surface area contributed by atoms with Crippen molar-refractivity contribution in [1.29, 1.82) is 0 Å². The molecule has 2 aromatic rings. The summed E-state index contributed by atoms with van der Waals surface area (Å²) in [5, 5.41) is 8.75. The summed E-state index contributed by atoms with van der Waals surface area (Å²) in [6.45, 7) is 0.216. The molecule has 0 saturated heterocycles. The fourth-order valence-electron chi connectivity index (χ4n) is 1.22. The van der Waals surface area contributed by atoms with Gasteiger partial charge < -0.3 is 5.32 Å². The molecule has 17 heavy (non-hydrogen) atoms. The fraction of sp³-hybridized carbons (Fsp3) is 0.100. The zero-order valence-electron chi connectivity index (χ0n) is 8.58. The Balaban J connectivity index is 2.02. The topological polar surface area (TPSA) is 70.7 Å². The Morgan fingerprint density at radius 1 is 1.53 bits per heavy atom. The van der Waals surface area contributed by atoms with Crippen LogP contribution in [0.15, 0.2) is 24.5 Å². The molecular formula is C10H8ClFN4O. The highest BCUT2D eigenvalue weighted by Crippen LogP contribution is 2.15. The summed E-state index contributed by atoms with van der Waals surface area (Å²) >= 11 is 5.57. The van der Waals surface area contributed by atoms with Crippen LogP contribution in [0.1, 0.15) is 16.2 Å². The van der Waals surface area contributed by atoms with Gasteiger partial charge in [0.05, 0.1) is 11.6 Å². The van der Waals surface area contributed by atoms with E-state index in [-0.39, 0.29) is 23.0 Å². The Labute approximate surface area is 101 Å². The molecule has 1 aromatic carbocycles. The van der Waals surface area contributed by atoms with E-state index in [2.05, 4.69) is 20.5 Å². The van der Waals surface area contributed by atoms with Gasteiger partial charge in [-0.05, 0) is 18.2 Å². The van der Waals surface area contributed by atoms with Crippen molar-refractivity contribution in [2.24, 2.45) is 0 Å². The van der Waals surface area contributed by atoms with Crippen LogP contribution in [-0.2, 0) is 6.54 Å². The first-order chi connectivity index (χ1) is 8.16. The Morgan fingerprint density at radius 2 is 2.35 bits per heavy atom. The lowest BCUT2D eigenvalue weighted by Gasteiger charge is -2.03. The maximum Gasteiger partial charge on any atom is 0.251 e. The Morgan fingerprint density at radius 3 is 3.00 bits per heavy atom. The van der Waals surface area contributed by atoms with Gasteiger partial charge >= 0.3 is 0 Å². The third-order valence-electron chi connectivity index (χ3n) is 2.06. The monoisotopic (exact) mass is 254 g/mol. The second-order valence-electron chi connectivity index (χ2n) is 3.24. The number of rotatable bonds is 3. The Kier molecular flexibility index (Phi) is 3.34. The average molecular weight is 255 g/mol. The predicted octanol–water partition coefficient (Wildman–Crippen LogP) is 1.53. The third-order valence-corrected chi connectivity index (χ3v) is 2.35. The summed E-state index contributed by atoms with van der Waals surface area (Å²) in [7, 11) is 0. The number of carbonyl (C=O) groups excluding carboxylic acids is 1. The molecule has 2 rings (SSSR count). The molecule has 0 atom stereocenters. The molecule has 0 unspecified atom stereocenters. The zero-order valence-corrected chi connectivity index (χ0v) is 9.33. The zero-order chi connectivity index (χ0) is 12.3.